The Morgan fingerprint density at radius 2 is 1.58 bits per heavy atom. The normalized spacial score (nSPS) is 9.88. The van der Waals surface area contributed by atoms with Crippen LogP contribution in [0.2, 0.25) is 0 Å². The first-order chi connectivity index (χ1) is 11.6. The minimum atomic E-state index is -0.615. The summed E-state index contributed by atoms with van der Waals surface area (Å²) in [4.78, 5) is 12.1. The van der Waals surface area contributed by atoms with Crippen LogP contribution in [0.15, 0.2) is 67.8 Å². The Labute approximate surface area is 139 Å². The Hall–Kier alpha value is -3.08. The molecular weight excluding hydrogens is 311 g/mol. The largest absolute Gasteiger partial charge is 0.490 e. The van der Waals surface area contributed by atoms with Gasteiger partial charge in [0.15, 0.2) is 11.6 Å². The summed E-state index contributed by atoms with van der Waals surface area (Å²) in [5.74, 6) is -0.435. The molecule has 0 saturated carbocycles. The van der Waals surface area contributed by atoms with E-state index in [1.807, 2.05) is 0 Å². The fourth-order valence-electron chi connectivity index (χ4n) is 1.82. The summed E-state index contributed by atoms with van der Waals surface area (Å²) in [6.07, 6.45) is 3.13. The number of rotatable bonds is 8. The lowest BCUT2D eigenvalue weighted by atomic mass is 10.2. The van der Waals surface area contributed by atoms with Gasteiger partial charge in [-0.15, -0.1) is 0 Å². The Bertz CT molecular complexity index is 723. The molecule has 0 N–H and O–H groups in total. The van der Waals surface area contributed by atoms with Crippen molar-refractivity contribution in [3.63, 3.8) is 0 Å². The third kappa shape index (κ3) is 4.71. The minimum absolute atomic E-state index is 0.0680. The van der Waals surface area contributed by atoms with Crippen molar-refractivity contribution in [1.29, 1.82) is 0 Å². The molecule has 0 unspecified atom stereocenters. The molecule has 0 bridgehead atoms. The van der Waals surface area contributed by atoms with Crippen LogP contribution in [0.4, 0.5) is 4.39 Å². The van der Waals surface area contributed by atoms with E-state index in [4.69, 9.17) is 14.2 Å². The zero-order valence-electron chi connectivity index (χ0n) is 13.0. The van der Waals surface area contributed by atoms with Crippen LogP contribution in [0, 0.1) is 5.82 Å². The van der Waals surface area contributed by atoms with E-state index >= 15 is 0 Å². The monoisotopic (exact) mass is 328 g/mol. The topological polar surface area (TPSA) is 44.8 Å². The average molecular weight is 328 g/mol. The van der Waals surface area contributed by atoms with Gasteiger partial charge in [0.25, 0.3) is 0 Å². The summed E-state index contributed by atoms with van der Waals surface area (Å²) in [6, 6.07) is 10.4. The third-order valence-electron chi connectivity index (χ3n) is 2.93. The van der Waals surface area contributed by atoms with Crippen molar-refractivity contribution in [2.24, 2.45) is 0 Å². The lowest BCUT2D eigenvalue weighted by molar-refractivity contribution is 0.0734. The van der Waals surface area contributed by atoms with Crippen LogP contribution in [-0.2, 0) is 0 Å². The van der Waals surface area contributed by atoms with E-state index in [0.29, 0.717) is 17.9 Å². The van der Waals surface area contributed by atoms with Gasteiger partial charge >= 0.3 is 5.97 Å². The van der Waals surface area contributed by atoms with Gasteiger partial charge in [0.05, 0.1) is 5.56 Å². The third-order valence-corrected chi connectivity index (χ3v) is 2.93. The molecule has 0 radical (unpaired) electrons. The number of carbonyl (C=O) groups is 1. The number of benzene rings is 2. The van der Waals surface area contributed by atoms with E-state index < -0.39 is 11.8 Å². The zero-order valence-corrected chi connectivity index (χ0v) is 13.0. The molecule has 0 aliphatic heterocycles. The molecule has 4 nitrogen and oxygen atoms in total. The SMILES string of the molecule is C=CCOc1ccc(C(=O)Oc2ccc(OCC=C)c(F)c2)cc1. The number of hydrogen-bond donors (Lipinski definition) is 0. The van der Waals surface area contributed by atoms with Crippen molar-refractivity contribution in [3.05, 3.63) is 79.2 Å². The summed E-state index contributed by atoms with van der Waals surface area (Å²) in [7, 11) is 0. The van der Waals surface area contributed by atoms with Gasteiger partial charge in [-0.1, -0.05) is 25.3 Å². The Morgan fingerprint density at radius 3 is 2.21 bits per heavy atom. The molecule has 0 aliphatic carbocycles. The standard InChI is InChI=1S/C19H17FO4/c1-3-11-22-15-7-5-14(6-8-15)19(21)24-16-9-10-18(17(20)13-16)23-12-4-2/h3-10,13H,1-2,11-12H2. The van der Waals surface area contributed by atoms with Gasteiger partial charge in [0.2, 0.25) is 0 Å². The number of hydrogen-bond acceptors (Lipinski definition) is 4. The highest BCUT2D eigenvalue weighted by Crippen LogP contribution is 2.23. The van der Waals surface area contributed by atoms with Crippen LogP contribution >= 0.6 is 0 Å². The van der Waals surface area contributed by atoms with Crippen molar-refractivity contribution in [3.8, 4) is 17.2 Å². The maximum Gasteiger partial charge on any atom is 0.343 e. The van der Waals surface area contributed by atoms with Crippen LogP contribution in [0.25, 0.3) is 0 Å². The lowest BCUT2D eigenvalue weighted by Crippen LogP contribution is -2.08. The van der Waals surface area contributed by atoms with Gasteiger partial charge in [-0.25, -0.2) is 9.18 Å². The molecular formula is C19H17FO4. The Kier molecular flexibility index (Phi) is 6.14. The van der Waals surface area contributed by atoms with Gasteiger partial charge in [-0.05, 0) is 36.4 Å². The van der Waals surface area contributed by atoms with Crippen molar-refractivity contribution < 1.29 is 23.4 Å². The highest BCUT2D eigenvalue weighted by atomic mass is 19.1. The van der Waals surface area contributed by atoms with Crippen molar-refractivity contribution >= 4 is 5.97 Å². The molecule has 124 valence electrons. The summed E-state index contributed by atoms with van der Waals surface area (Å²) < 4.78 is 29.4. The average Bonchev–Trinajstić information content (AvgIpc) is 2.59. The van der Waals surface area contributed by atoms with Crippen molar-refractivity contribution in [1.82, 2.24) is 0 Å². The summed E-state index contributed by atoms with van der Waals surface area (Å²) in [6.45, 7) is 7.61. The molecule has 0 saturated heterocycles. The van der Waals surface area contributed by atoms with Gasteiger partial charge in [0.1, 0.15) is 24.7 Å². The molecule has 0 amide bonds. The van der Waals surface area contributed by atoms with Gasteiger partial charge in [-0.3, -0.25) is 0 Å². The summed E-state index contributed by atoms with van der Waals surface area (Å²) in [5, 5.41) is 0. The quantitative estimate of drug-likeness (QED) is 0.414. The van der Waals surface area contributed by atoms with Crippen LogP contribution in [0.1, 0.15) is 10.4 Å². The lowest BCUT2D eigenvalue weighted by Gasteiger charge is -2.08. The van der Waals surface area contributed by atoms with Crippen molar-refractivity contribution in [2.45, 2.75) is 0 Å². The van der Waals surface area contributed by atoms with E-state index in [0.717, 1.165) is 6.07 Å². The number of ether oxygens (including phenoxy) is 3. The van der Waals surface area contributed by atoms with Crippen LogP contribution in [-0.4, -0.2) is 19.2 Å². The second kappa shape index (κ2) is 8.53. The molecule has 2 aromatic rings. The van der Waals surface area contributed by atoms with E-state index in [-0.39, 0.29) is 18.1 Å². The predicted octanol–water partition coefficient (Wildman–Crippen LogP) is 4.17. The molecule has 2 rings (SSSR count). The van der Waals surface area contributed by atoms with Gasteiger partial charge in [-0.2, -0.15) is 0 Å². The van der Waals surface area contributed by atoms with Crippen LogP contribution in [0.3, 0.4) is 0 Å². The molecule has 24 heavy (non-hydrogen) atoms. The maximum absolute atomic E-state index is 13.8. The zero-order chi connectivity index (χ0) is 17.4. The molecule has 0 heterocycles. The van der Waals surface area contributed by atoms with Gasteiger partial charge < -0.3 is 14.2 Å². The molecule has 0 spiro atoms. The highest BCUT2D eigenvalue weighted by Gasteiger charge is 2.11. The fourth-order valence-corrected chi connectivity index (χ4v) is 1.82. The van der Waals surface area contributed by atoms with Gasteiger partial charge in [0, 0.05) is 6.07 Å². The van der Waals surface area contributed by atoms with E-state index in [9.17, 15) is 9.18 Å². The van der Waals surface area contributed by atoms with E-state index in [2.05, 4.69) is 13.2 Å². The molecule has 2 aromatic carbocycles. The minimum Gasteiger partial charge on any atom is -0.490 e. The molecule has 0 fully saturated rings. The molecule has 5 heteroatoms. The number of carbonyl (C=O) groups excluding carboxylic acids is 1. The smallest absolute Gasteiger partial charge is 0.343 e. The van der Waals surface area contributed by atoms with Crippen molar-refractivity contribution in [2.75, 3.05) is 13.2 Å². The van der Waals surface area contributed by atoms with E-state index in [1.165, 1.54) is 18.2 Å². The number of esters is 1. The van der Waals surface area contributed by atoms with Crippen LogP contribution in [0.5, 0.6) is 17.2 Å². The summed E-state index contributed by atoms with van der Waals surface area (Å²) in [5.41, 5.74) is 0.327. The number of halogens is 1. The maximum atomic E-state index is 13.8. The first-order valence-electron chi connectivity index (χ1n) is 7.23. The Morgan fingerprint density at radius 1 is 0.958 bits per heavy atom. The molecule has 0 atom stereocenters. The van der Waals surface area contributed by atoms with Crippen LogP contribution < -0.4 is 14.2 Å². The first-order valence-corrected chi connectivity index (χ1v) is 7.23. The summed E-state index contributed by atoms with van der Waals surface area (Å²) >= 11 is 0. The molecule has 0 aromatic heterocycles. The Balaban J connectivity index is 2.02. The second-order valence-corrected chi connectivity index (χ2v) is 4.71. The van der Waals surface area contributed by atoms with E-state index in [1.54, 1.807) is 30.3 Å². The molecule has 0 aliphatic rings. The fraction of sp³-hybridized carbons (Fsp3) is 0.105. The second-order valence-electron chi connectivity index (χ2n) is 4.71. The highest BCUT2D eigenvalue weighted by molar-refractivity contribution is 5.91. The predicted molar refractivity (Wildman–Crippen MR) is 89.2 cm³/mol. The first kappa shape index (κ1) is 17.3.